The number of hydrogen-bond acceptors (Lipinski definition) is 5. The van der Waals surface area contributed by atoms with Crippen molar-refractivity contribution in [1.29, 1.82) is 0 Å². The first kappa shape index (κ1) is 22.7. The molecule has 1 fully saturated rings. The number of carbonyl (C=O) groups excluding carboxylic acids is 2. The number of Topliss-reactive ketones (excluding diaryl/α,β-unsaturated/α-hetero) is 1. The molecule has 1 heterocycles. The minimum absolute atomic E-state index is 0.237. The smallest absolute Gasteiger partial charge is 0.304 e. The van der Waals surface area contributed by atoms with Crippen LogP contribution < -0.4 is 11.5 Å². The van der Waals surface area contributed by atoms with Gasteiger partial charge in [-0.2, -0.15) is 0 Å². The second-order valence-electron chi connectivity index (χ2n) is 8.01. The fourth-order valence-corrected chi connectivity index (χ4v) is 4.23. The maximum atomic E-state index is 13.1. The molecule has 0 radical (unpaired) electrons. The van der Waals surface area contributed by atoms with E-state index in [4.69, 9.17) is 11.5 Å². The number of carbonyl (C=O) groups is 3. The van der Waals surface area contributed by atoms with Crippen molar-refractivity contribution in [2.45, 2.75) is 44.3 Å². The molecule has 0 bridgehead atoms. The Morgan fingerprint density at radius 1 is 1.10 bits per heavy atom. The van der Waals surface area contributed by atoms with Crippen LogP contribution in [0.15, 0.2) is 54.6 Å². The Hall–Kier alpha value is -3.03. The van der Waals surface area contributed by atoms with E-state index in [2.05, 4.69) is 0 Å². The van der Waals surface area contributed by atoms with Gasteiger partial charge in [0.1, 0.15) is 0 Å². The van der Waals surface area contributed by atoms with Gasteiger partial charge in [-0.1, -0.05) is 48.5 Å². The highest BCUT2D eigenvalue weighted by atomic mass is 16.4. The molecule has 0 aliphatic carbocycles. The van der Waals surface area contributed by atoms with E-state index in [1.807, 2.05) is 36.4 Å². The number of aryl methyl sites for hydroxylation is 1. The number of nitrogens with two attached hydrogens (primary N) is 2. The van der Waals surface area contributed by atoms with Gasteiger partial charge in [-0.25, -0.2) is 0 Å². The van der Waals surface area contributed by atoms with Gasteiger partial charge in [0.2, 0.25) is 5.91 Å². The summed E-state index contributed by atoms with van der Waals surface area (Å²) in [6, 6.07) is 15.5. The molecule has 0 aromatic heterocycles. The Labute approximate surface area is 182 Å². The molecule has 3 atom stereocenters. The van der Waals surface area contributed by atoms with E-state index in [0.717, 1.165) is 17.5 Å². The summed E-state index contributed by atoms with van der Waals surface area (Å²) < 4.78 is 0. The summed E-state index contributed by atoms with van der Waals surface area (Å²) in [5.41, 5.74) is 14.5. The van der Waals surface area contributed by atoms with Crippen LogP contribution in [0, 0.1) is 5.92 Å². The minimum atomic E-state index is -1.03. The lowest BCUT2D eigenvalue weighted by atomic mass is 9.92. The molecule has 1 aliphatic heterocycles. The largest absolute Gasteiger partial charge is 0.481 e. The Kier molecular flexibility index (Phi) is 7.55. The van der Waals surface area contributed by atoms with E-state index < -0.39 is 24.0 Å². The molecule has 2 aromatic rings. The molecule has 5 N–H and O–H groups in total. The van der Waals surface area contributed by atoms with Gasteiger partial charge in [-0.05, 0) is 36.5 Å². The second-order valence-corrected chi connectivity index (χ2v) is 8.01. The van der Waals surface area contributed by atoms with E-state index >= 15 is 0 Å². The number of carboxylic acids is 1. The zero-order valence-electron chi connectivity index (χ0n) is 17.4. The number of amides is 1. The van der Waals surface area contributed by atoms with Crippen LogP contribution >= 0.6 is 0 Å². The molecular formula is C24H29N3O4. The average molecular weight is 424 g/mol. The van der Waals surface area contributed by atoms with Crippen molar-refractivity contribution in [2.24, 2.45) is 17.4 Å². The molecule has 164 valence electrons. The monoisotopic (exact) mass is 423 g/mol. The molecule has 2 aromatic carbocycles. The predicted molar refractivity (Wildman–Crippen MR) is 117 cm³/mol. The van der Waals surface area contributed by atoms with Crippen LogP contribution in [0.2, 0.25) is 0 Å². The Morgan fingerprint density at radius 3 is 2.48 bits per heavy atom. The van der Waals surface area contributed by atoms with Crippen molar-refractivity contribution in [3.63, 3.8) is 0 Å². The standard InChI is InChI=1S/C24H29N3O4/c25-15-17-8-4-10-18(12-17)23(30)22(26)20-13-19(14-21(28)29)24(31)27(20)11-5-9-16-6-2-1-3-7-16/h1-4,6-8,10,12,19-20,22H,5,9,11,13-15,25-26H2,(H,28,29)/t19-,20-,22?/m0/s1. The summed E-state index contributed by atoms with van der Waals surface area (Å²) in [6.07, 6.45) is 1.49. The quantitative estimate of drug-likeness (QED) is 0.502. The minimum Gasteiger partial charge on any atom is -0.481 e. The van der Waals surface area contributed by atoms with Crippen LogP contribution in [0.1, 0.15) is 40.7 Å². The van der Waals surface area contributed by atoms with Gasteiger partial charge in [0, 0.05) is 18.7 Å². The zero-order valence-corrected chi connectivity index (χ0v) is 17.4. The normalized spacial score (nSPS) is 19.4. The molecular weight excluding hydrogens is 394 g/mol. The van der Waals surface area contributed by atoms with Crippen LogP contribution in [0.5, 0.6) is 0 Å². The van der Waals surface area contributed by atoms with Crippen molar-refractivity contribution >= 4 is 17.7 Å². The third-order valence-electron chi connectivity index (χ3n) is 5.85. The van der Waals surface area contributed by atoms with Crippen LogP contribution in [0.4, 0.5) is 0 Å². The van der Waals surface area contributed by atoms with Crippen molar-refractivity contribution < 1.29 is 19.5 Å². The highest BCUT2D eigenvalue weighted by molar-refractivity contribution is 6.01. The highest BCUT2D eigenvalue weighted by Crippen LogP contribution is 2.30. The second kappa shape index (κ2) is 10.3. The van der Waals surface area contributed by atoms with E-state index in [-0.39, 0.29) is 24.5 Å². The number of nitrogens with zero attached hydrogens (tertiary/aromatic N) is 1. The summed E-state index contributed by atoms with van der Waals surface area (Å²) in [5.74, 6) is -2.19. The summed E-state index contributed by atoms with van der Waals surface area (Å²) >= 11 is 0. The third kappa shape index (κ3) is 5.57. The van der Waals surface area contributed by atoms with Crippen LogP contribution in [-0.4, -0.2) is 46.3 Å². The van der Waals surface area contributed by atoms with Gasteiger partial charge in [-0.15, -0.1) is 0 Å². The lowest BCUT2D eigenvalue weighted by molar-refractivity contribution is -0.142. The third-order valence-corrected chi connectivity index (χ3v) is 5.85. The maximum Gasteiger partial charge on any atom is 0.304 e. The first-order valence-corrected chi connectivity index (χ1v) is 10.6. The topological polar surface area (TPSA) is 127 Å². The molecule has 31 heavy (non-hydrogen) atoms. The summed E-state index contributed by atoms with van der Waals surface area (Å²) in [7, 11) is 0. The first-order valence-electron chi connectivity index (χ1n) is 10.6. The van der Waals surface area contributed by atoms with Crippen LogP contribution in [0.25, 0.3) is 0 Å². The van der Waals surface area contributed by atoms with Gasteiger partial charge in [0.05, 0.1) is 24.4 Å². The molecule has 1 aliphatic rings. The molecule has 3 rings (SSSR count). The number of rotatable bonds is 10. The number of likely N-dealkylation sites (tertiary alicyclic amines) is 1. The maximum absolute atomic E-state index is 13.1. The molecule has 7 nitrogen and oxygen atoms in total. The van der Waals surface area contributed by atoms with Crippen LogP contribution in [-0.2, 0) is 22.6 Å². The highest BCUT2D eigenvalue weighted by Gasteiger charge is 2.44. The Morgan fingerprint density at radius 2 is 1.81 bits per heavy atom. The van der Waals surface area contributed by atoms with E-state index in [1.54, 1.807) is 23.1 Å². The Bertz CT molecular complexity index is 931. The SMILES string of the molecule is NCc1cccc(C(=O)C(N)[C@@H]2C[C@@H](CC(=O)O)C(=O)N2CCCc2ccccc2)c1. The zero-order chi connectivity index (χ0) is 22.4. The van der Waals surface area contributed by atoms with Crippen molar-refractivity contribution in [1.82, 2.24) is 4.90 Å². The van der Waals surface area contributed by atoms with Crippen molar-refractivity contribution in [3.05, 3.63) is 71.3 Å². The summed E-state index contributed by atoms with van der Waals surface area (Å²) in [6.45, 7) is 0.739. The molecule has 0 spiro atoms. The molecule has 7 heteroatoms. The number of carboxylic acid groups (broad SMARTS) is 1. The fourth-order valence-electron chi connectivity index (χ4n) is 4.23. The van der Waals surface area contributed by atoms with Gasteiger partial charge in [0.15, 0.2) is 5.78 Å². The number of benzene rings is 2. The average Bonchev–Trinajstić information content (AvgIpc) is 3.08. The predicted octanol–water partition coefficient (Wildman–Crippen LogP) is 1.98. The van der Waals surface area contributed by atoms with E-state index in [0.29, 0.717) is 25.1 Å². The summed E-state index contributed by atoms with van der Waals surface area (Å²) in [5, 5.41) is 9.19. The molecule has 0 saturated carbocycles. The number of aliphatic carboxylic acids is 1. The molecule has 1 amide bonds. The molecule has 1 unspecified atom stereocenters. The van der Waals surface area contributed by atoms with Gasteiger partial charge < -0.3 is 21.5 Å². The number of hydrogen-bond donors (Lipinski definition) is 3. The van der Waals surface area contributed by atoms with Crippen LogP contribution in [0.3, 0.4) is 0 Å². The fraction of sp³-hybridized carbons (Fsp3) is 0.375. The van der Waals surface area contributed by atoms with Crippen molar-refractivity contribution in [2.75, 3.05) is 6.54 Å². The van der Waals surface area contributed by atoms with Gasteiger partial charge in [-0.3, -0.25) is 14.4 Å². The Balaban J connectivity index is 1.75. The van der Waals surface area contributed by atoms with Gasteiger partial charge >= 0.3 is 5.97 Å². The van der Waals surface area contributed by atoms with E-state index in [9.17, 15) is 19.5 Å². The van der Waals surface area contributed by atoms with Crippen molar-refractivity contribution in [3.8, 4) is 0 Å². The summed E-state index contributed by atoms with van der Waals surface area (Å²) in [4.78, 5) is 38.8. The number of ketones is 1. The molecule has 1 saturated heterocycles. The first-order chi connectivity index (χ1) is 14.9. The van der Waals surface area contributed by atoms with Gasteiger partial charge in [0.25, 0.3) is 0 Å². The van der Waals surface area contributed by atoms with E-state index in [1.165, 1.54) is 0 Å². The lowest BCUT2D eigenvalue weighted by Crippen LogP contribution is -2.50. The lowest BCUT2D eigenvalue weighted by Gasteiger charge is -2.29.